The molecule has 2 heterocycles. The summed E-state index contributed by atoms with van der Waals surface area (Å²) in [5.74, 6) is 1.91. The summed E-state index contributed by atoms with van der Waals surface area (Å²) in [6.07, 6.45) is 0. The third kappa shape index (κ3) is 5.84. The van der Waals surface area contributed by atoms with Crippen molar-refractivity contribution < 1.29 is 4.42 Å². The lowest BCUT2D eigenvalue weighted by Gasteiger charge is -2.20. The van der Waals surface area contributed by atoms with Crippen LogP contribution in [0.15, 0.2) is 95.4 Å². The molecule has 0 saturated carbocycles. The van der Waals surface area contributed by atoms with E-state index in [9.17, 15) is 0 Å². The average molecular weight is 670 g/mol. The maximum Gasteiger partial charge on any atom is 0.164 e. The summed E-state index contributed by atoms with van der Waals surface area (Å²) < 4.78 is 6.49. The minimum Gasteiger partial charge on any atom is -0.456 e. The Bertz CT molecular complexity index is 2730. The molecular weight excluding hydrogens is 635 g/mol. The van der Waals surface area contributed by atoms with Gasteiger partial charge < -0.3 is 4.42 Å². The van der Waals surface area contributed by atoms with Crippen LogP contribution < -0.4 is 54.6 Å². The van der Waals surface area contributed by atoms with E-state index in [0.717, 1.165) is 38.6 Å². The second kappa shape index (κ2) is 13.3. The summed E-state index contributed by atoms with van der Waals surface area (Å²) in [7, 11) is 22.3. The van der Waals surface area contributed by atoms with Gasteiger partial charge in [0.15, 0.2) is 17.5 Å². The first-order chi connectivity index (χ1) is 25.4. The van der Waals surface area contributed by atoms with Crippen LogP contribution in [0, 0.1) is 0 Å². The Kier molecular flexibility index (Phi) is 8.76. The van der Waals surface area contributed by atoms with Gasteiger partial charge in [0.25, 0.3) is 0 Å². The Balaban J connectivity index is 1.23. The monoisotopic (exact) mass is 671 g/mol. The van der Waals surface area contributed by atoms with Gasteiger partial charge in [0.1, 0.15) is 89.6 Å². The van der Waals surface area contributed by atoms with Crippen molar-refractivity contribution >= 4 is 155 Å². The first kappa shape index (κ1) is 34.8. The number of rotatable bonds is 5. The highest BCUT2D eigenvalue weighted by Crippen LogP contribution is 2.34. The van der Waals surface area contributed by atoms with Crippen molar-refractivity contribution in [1.82, 2.24) is 15.0 Å². The number of benzene rings is 6. The van der Waals surface area contributed by atoms with E-state index in [4.69, 9.17) is 19.4 Å². The first-order valence-corrected chi connectivity index (χ1v) is 18.5. The summed E-state index contributed by atoms with van der Waals surface area (Å²) >= 11 is 0. The highest BCUT2D eigenvalue weighted by atomic mass is 16.3. The van der Waals surface area contributed by atoms with E-state index in [1.54, 1.807) is 0 Å². The van der Waals surface area contributed by atoms with Crippen LogP contribution in [-0.4, -0.2) is 93.4 Å². The third-order valence-corrected chi connectivity index (χ3v) is 12.1. The maximum atomic E-state index is 6.49. The Morgan fingerprint density at radius 3 is 1.28 bits per heavy atom. The highest BCUT2D eigenvalue weighted by Gasteiger charge is 2.18. The Hall–Kier alpha value is -5.22. The molecule has 0 spiro atoms. The number of fused-ring (bicyclic) bond motifs is 3. The molecule has 0 bridgehead atoms. The molecule has 8 aromatic rings. The van der Waals surface area contributed by atoms with E-state index in [-0.39, 0.29) is 0 Å². The topological polar surface area (TPSA) is 51.8 Å². The second-order valence-electron chi connectivity index (χ2n) is 14.8. The van der Waals surface area contributed by atoms with Crippen molar-refractivity contribution in [3.8, 4) is 56.4 Å². The Labute approximate surface area is 320 Å². The standard InChI is InChI=1S/C39H35B10N3O/c40-27-25(28(41)32(45)35(48)31(27)44)16-6-8-18(9-7-16)38-50-37(17-4-2-1-3-5-17)51-39(52-38)20-11-13-23-22(14-20)21-12-10-19(15-24(21)53-23)26-29(42)33(46)36(49)34(47)30(26)43/h1-15H,40-49H2. The van der Waals surface area contributed by atoms with Crippen LogP contribution in [0.4, 0.5) is 0 Å². The molecule has 0 aliphatic rings. The molecule has 0 radical (unpaired) electrons. The van der Waals surface area contributed by atoms with Crippen molar-refractivity contribution in [2.24, 2.45) is 0 Å². The van der Waals surface area contributed by atoms with Crippen LogP contribution in [0.5, 0.6) is 0 Å². The van der Waals surface area contributed by atoms with Crippen molar-refractivity contribution in [3.05, 3.63) is 91.0 Å². The molecule has 242 valence electrons. The van der Waals surface area contributed by atoms with E-state index in [1.807, 2.05) is 36.4 Å². The van der Waals surface area contributed by atoms with Crippen LogP contribution in [0.25, 0.3) is 78.4 Å². The summed E-state index contributed by atoms with van der Waals surface area (Å²) in [4.78, 5) is 15.1. The van der Waals surface area contributed by atoms with Crippen LogP contribution >= 0.6 is 0 Å². The fourth-order valence-electron chi connectivity index (χ4n) is 8.07. The molecule has 0 amide bonds. The minimum absolute atomic E-state index is 0.624. The van der Waals surface area contributed by atoms with E-state index in [2.05, 4.69) is 133 Å². The van der Waals surface area contributed by atoms with E-state index >= 15 is 0 Å². The number of furan rings is 1. The fraction of sp³-hybridized carbons (Fsp3) is 0. The van der Waals surface area contributed by atoms with Gasteiger partial charge in [-0.25, -0.2) is 15.0 Å². The maximum absolute atomic E-state index is 6.49. The van der Waals surface area contributed by atoms with Crippen molar-refractivity contribution in [2.45, 2.75) is 0 Å². The smallest absolute Gasteiger partial charge is 0.164 e. The molecule has 6 aromatic carbocycles. The molecular formula is C39H35B10N3O. The third-order valence-electron chi connectivity index (χ3n) is 12.1. The molecule has 53 heavy (non-hydrogen) atoms. The second-order valence-corrected chi connectivity index (χ2v) is 14.8. The minimum atomic E-state index is 0.624. The lowest BCUT2D eigenvalue weighted by Crippen LogP contribution is -2.55. The van der Waals surface area contributed by atoms with Gasteiger partial charge in [-0.05, 0) is 52.6 Å². The van der Waals surface area contributed by atoms with Gasteiger partial charge in [-0.3, -0.25) is 0 Å². The van der Waals surface area contributed by atoms with E-state index in [1.165, 1.54) is 76.9 Å². The summed E-state index contributed by atoms with van der Waals surface area (Å²) in [6, 6.07) is 31.7. The molecule has 8 rings (SSSR count). The molecule has 0 aliphatic carbocycles. The number of hydrogen-bond acceptors (Lipinski definition) is 4. The van der Waals surface area contributed by atoms with Crippen LogP contribution in [-0.2, 0) is 0 Å². The molecule has 0 aliphatic heterocycles. The Morgan fingerprint density at radius 1 is 0.321 bits per heavy atom. The molecule has 0 atom stereocenters. The molecule has 0 unspecified atom stereocenters. The number of hydrogen-bond donors (Lipinski definition) is 0. The Morgan fingerprint density at radius 2 is 0.736 bits per heavy atom. The fourth-order valence-corrected chi connectivity index (χ4v) is 8.07. The van der Waals surface area contributed by atoms with Gasteiger partial charge in [0, 0.05) is 27.5 Å². The van der Waals surface area contributed by atoms with Gasteiger partial charge in [-0.1, -0.05) is 82.5 Å². The van der Waals surface area contributed by atoms with E-state index in [0.29, 0.717) is 17.5 Å². The summed E-state index contributed by atoms with van der Waals surface area (Å²) in [6.45, 7) is 0. The van der Waals surface area contributed by atoms with Gasteiger partial charge >= 0.3 is 0 Å². The van der Waals surface area contributed by atoms with Gasteiger partial charge in [-0.15, -0.1) is 32.8 Å². The zero-order valence-corrected chi connectivity index (χ0v) is 32.4. The SMILES string of the molecule is Bc1c(B)c(B)c(-c2ccc(-c3nc(-c4ccccc4)nc(-c4ccc5oc6cc(-c7c(B)c(B)c(B)c(B)c7B)ccc6c5c4)n3)cc2)c(B)c1B. The molecule has 2 aromatic heterocycles. The van der Waals surface area contributed by atoms with Crippen LogP contribution in [0.3, 0.4) is 0 Å². The molecule has 0 fully saturated rings. The predicted octanol–water partition coefficient (Wildman–Crippen LogP) is -7.31. The van der Waals surface area contributed by atoms with Crippen LogP contribution in [0.1, 0.15) is 0 Å². The quantitative estimate of drug-likeness (QED) is 0.171. The zero-order valence-electron chi connectivity index (χ0n) is 32.4. The van der Waals surface area contributed by atoms with Crippen molar-refractivity contribution in [2.75, 3.05) is 0 Å². The molecule has 0 saturated heterocycles. The zero-order chi connectivity index (χ0) is 37.3. The summed E-state index contributed by atoms with van der Waals surface area (Å²) in [5, 5.41) is 2.11. The van der Waals surface area contributed by atoms with Crippen molar-refractivity contribution in [3.63, 3.8) is 0 Å². The van der Waals surface area contributed by atoms with Gasteiger partial charge in [-0.2, -0.15) is 0 Å². The predicted molar refractivity (Wildman–Crippen MR) is 256 cm³/mol. The molecule has 4 nitrogen and oxygen atoms in total. The number of nitrogens with zero attached hydrogens (tertiary/aromatic N) is 3. The first-order valence-electron chi connectivity index (χ1n) is 18.5. The largest absolute Gasteiger partial charge is 0.456 e. The lowest BCUT2D eigenvalue weighted by atomic mass is 9.59. The average Bonchev–Trinajstić information content (AvgIpc) is 3.55. The molecule has 0 N–H and O–H groups in total. The summed E-state index contributed by atoms with van der Waals surface area (Å²) in [5.41, 5.74) is 22.9. The van der Waals surface area contributed by atoms with Crippen molar-refractivity contribution in [1.29, 1.82) is 0 Å². The van der Waals surface area contributed by atoms with E-state index < -0.39 is 0 Å². The normalized spacial score (nSPS) is 11.4. The van der Waals surface area contributed by atoms with Crippen LogP contribution in [0.2, 0.25) is 0 Å². The lowest BCUT2D eigenvalue weighted by molar-refractivity contribution is 0.669. The van der Waals surface area contributed by atoms with Gasteiger partial charge in [0.2, 0.25) is 0 Å². The molecule has 14 heteroatoms. The highest BCUT2D eigenvalue weighted by molar-refractivity contribution is 6.69. The number of aromatic nitrogens is 3. The van der Waals surface area contributed by atoms with Gasteiger partial charge in [0.05, 0.1) is 0 Å².